The molecule has 0 fully saturated rings. The minimum absolute atomic E-state index is 0.00204. The van der Waals surface area contributed by atoms with E-state index in [0.29, 0.717) is 6.61 Å². The van der Waals surface area contributed by atoms with E-state index in [1.807, 2.05) is 6.92 Å². The summed E-state index contributed by atoms with van der Waals surface area (Å²) < 4.78 is 5.15. The van der Waals surface area contributed by atoms with Crippen LogP contribution in [-0.2, 0) is 9.53 Å². The van der Waals surface area contributed by atoms with Crippen molar-refractivity contribution in [2.24, 2.45) is 5.92 Å². The summed E-state index contributed by atoms with van der Waals surface area (Å²) in [4.78, 5) is 11.4. The monoisotopic (exact) mass is 186 g/mol. The Bertz CT molecular complexity index is 132. The van der Waals surface area contributed by atoms with E-state index >= 15 is 0 Å². The lowest BCUT2D eigenvalue weighted by Gasteiger charge is -2.12. The van der Waals surface area contributed by atoms with E-state index in [9.17, 15) is 4.79 Å². The second-order valence-corrected chi connectivity index (χ2v) is 3.41. The van der Waals surface area contributed by atoms with Gasteiger partial charge in [-0.2, -0.15) is 0 Å². The summed E-state index contributed by atoms with van der Waals surface area (Å²) in [5, 5.41) is 0. The van der Waals surface area contributed by atoms with Gasteiger partial charge in [-0.05, 0) is 19.3 Å². The van der Waals surface area contributed by atoms with E-state index in [4.69, 9.17) is 4.74 Å². The molecule has 0 aliphatic carbocycles. The van der Waals surface area contributed by atoms with Crippen LogP contribution in [0.25, 0.3) is 0 Å². The third kappa shape index (κ3) is 5.67. The number of unbranched alkanes of at least 4 members (excludes halogenated alkanes) is 1. The number of rotatable bonds is 7. The maximum absolute atomic E-state index is 11.4. The highest BCUT2D eigenvalue weighted by atomic mass is 16.5. The van der Waals surface area contributed by atoms with Crippen molar-refractivity contribution in [2.45, 2.75) is 52.9 Å². The van der Waals surface area contributed by atoms with Gasteiger partial charge in [-0.1, -0.05) is 33.6 Å². The lowest BCUT2D eigenvalue weighted by Crippen LogP contribution is -2.17. The zero-order chi connectivity index (χ0) is 10.1. The van der Waals surface area contributed by atoms with Gasteiger partial charge >= 0.3 is 5.97 Å². The summed E-state index contributed by atoms with van der Waals surface area (Å²) in [6.45, 7) is 6.83. The molecule has 0 aliphatic heterocycles. The smallest absolute Gasteiger partial charge is 0.308 e. The van der Waals surface area contributed by atoms with Gasteiger partial charge in [-0.25, -0.2) is 0 Å². The highest BCUT2D eigenvalue weighted by Gasteiger charge is 2.15. The molecule has 0 aliphatic rings. The minimum Gasteiger partial charge on any atom is -0.465 e. The Labute approximate surface area is 81.7 Å². The van der Waals surface area contributed by atoms with Crippen molar-refractivity contribution in [3.8, 4) is 0 Å². The molecule has 0 heterocycles. The number of esters is 1. The largest absolute Gasteiger partial charge is 0.465 e. The third-order valence-electron chi connectivity index (χ3n) is 2.21. The van der Waals surface area contributed by atoms with Crippen LogP contribution < -0.4 is 0 Å². The summed E-state index contributed by atoms with van der Waals surface area (Å²) in [6, 6.07) is 0. The highest BCUT2D eigenvalue weighted by molar-refractivity contribution is 5.72. The summed E-state index contributed by atoms with van der Waals surface area (Å²) in [5.41, 5.74) is 0. The molecule has 0 spiro atoms. The highest BCUT2D eigenvalue weighted by Crippen LogP contribution is 2.12. The van der Waals surface area contributed by atoms with E-state index in [0.717, 1.165) is 32.1 Å². The molecule has 2 heteroatoms. The number of hydrogen-bond donors (Lipinski definition) is 0. The Balaban J connectivity index is 3.64. The fourth-order valence-corrected chi connectivity index (χ4v) is 1.27. The van der Waals surface area contributed by atoms with Crippen LogP contribution in [0.5, 0.6) is 0 Å². The lowest BCUT2D eigenvalue weighted by molar-refractivity contribution is -0.149. The Morgan fingerprint density at radius 3 is 2.38 bits per heavy atom. The van der Waals surface area contributed by atoms with Crippen molar-refractivity contribution in [3.05, 3.63) is 0 Å². The zero-order valence-corrected chi connectivity index (χ0v) is 9.14. The first-order chi connectivity index (χ1) is 6.26. The molecular weight excluding hydrogens is 164 g/mol. The molecule has 0 bridgehead atoms. The standard InChI is InChI=1S/C11H22O2/c1-4-7-9-13-11(12)10(6-3)8-5-2/h10H,4-9H2,1-3H3. The first-order valence-electron chi connectivity index (χ1n) is 5.42. The Kier molecular flexibility index (Phi) is 7.76. The summed E-state index contributed by atoms with van der Waals surface area (Å²) in [5.74, 6) is 0.125. The van der Waals surface area contributed by atoms with Gasteiger partial charge < -0.3 is 4.74 Å². The van der Waals surface area contributed by atoms with Gasteiger partial charge in [0.1, 0.15) is 0 Å². The second kappa shape index (κ2) is 8.09. The fourth-order valence-electron chi connectivity index (χ4n) is 1.27. The van der Waals surface area contributed by atoms with Gasteiger partial charge in [0, 0.05) is 0 Å². The van der Waals surface area contributed by atoms with Gasteiger partial charge in [-0.15, -0.1) is 0 Å². The van der Waals surface area contributed by atoms with Crippen LogP contribution in [0.2, 0.25) is 0 Å². The number of hydrogen-bond acceptors (Lipinski definition) is 2. The molecule has 0 aromatic carbocycles. The van der Waals surface area contributed by atoms with Crippen molar-refractivity contribution in [1.29, 1.82) is 0 Å². The minimum atomic E-state index is -0.00204. The third-order valence-corrected chi connectivity index (χ3v) is 2.21. The summed E-state index contributed by atoms with van der Waals surface area (Å²) in [6.07, 6.45) is 4.98. The molecule has 2 nitrogen and oxygen atoms in total. The normalized spacial score (nSPS) is 12.5. The fraction of sp³-hybridized carbons (Fsp3) is 0.909. The van der Waals surface area contributed by atoms with Gasteiger partial charge in [0.25, 0.3) is 0 Å². The molecule has 1 unspecified atom stereocenters. The van der Waals surface area contributed by atoms with Crippen LogP contribution in [0, 0.1) is 5.92 Å². The predicted octanol–water partition coefficient (Wildman–Crippen LogP) is 3.16. The molecule has 13 heavy (non-hydrogen) atoms. The Morgan fingerprint density at radius 1 is 1.23 bits per heavy atom. The first-order valence-corrected chi connectivity index (χ1v) is 5.42. The van der Waals surface area contributed by atoms with Crippen molar-refractivity contribution >= 4 is 5.97 Å². The second-order valence-electron chi connectivity index (χ2n) is 3.41. The molecule has 0 rings (SSSR count). The molecule has 0 amide bonds. The predicted molar refractivity (Wildman–Crippen MR) is 54.6 cm³/mol. The van der Waals surface area contributed by atoms with Gasteiger partial charge in [0.05, 0.1) is 12.5 Å². The molecule has 0 saturated carbocycles. The average Bonchev–Trinajstić information content (AvgIpc) is 2.14. The van der Waals surface area contributed by atoms with E-state index in [1.54, 1.807) is 0 Å². The van der Waals surface area contributed by atoms with E-state index in [2.05, 4.69) is 13.8 Å². The maximum atomic E-state index is 11.4. The van der Waals surface area contributed by atoms with Crippen LogP contribution in [0.1, 0.15) is 52.9 Å². The number of carbonyl (C=O) groups excluding carboxylic acids is 1. The van der Waals surface area contributed by atoms with Crippen molar-refractivity contribution in [3.63, 3.8) is 0 Å². The Morgan fingerprint density at radius 2 is 1.92 bits per heavy atom. The first kappa shape index (κ1) is 12.5. The van der Waals surface area contributed by atoms with Crippen molar-refractivity contribution in [1.82, 2.24) is 0 Å². The average molecular weight is 186 g/mol. The maximum Gasteiger partial charge on any atom is 0.308 e. The topological polar surface area (TPSA) is 26.3 Å². The molecule has 1 atom stereocenters. The van der Waals surface area contributed by atoms with Crippen LogP contribution in [0.4, 0.5) is 0 Å². The quantitative estimate of drug-likeness (QED) is 0.451. The van der Waals surface area contributed by atoms with E-state index < -0.39 is 0 Å². The molecule has 0 saturated heterocycles. The zero-order valence-electron chi connectivity index (χ0n) is 9.14. The molecule has 78 valence electrons. The van der Waals surface area contributed by atoms with Crippen molar-refractivity contribution < 1.29 is 9.53 Å². The van der Waals surface area contributed by atoms with Crippen LogP contribution >= 0.6 is 0 Å². The molecular formula is C11H22O2. The molecule has 0 N–H and O–H groups in total. The van der Waals surface area contributed by atoms with Gasteiger partial charge in [0.15, 0.2) is 0 Å². The SMILES string of the molecule is CCCCOC(=O)C(CC)CCC. The molecule has 0 aromatic heterocycles. The van der Waals surface area contributed by atoms with Gasteiger partial charge in [0.2, 0.25) is 0 Å². The summed E-state index contributed by atoms with van der Waals surface area (Å²) in [7, 11) is 0. The number of ether oxygens (including phenoxy) is 1. The van der Waals surface area contributed by atoms with Gasteiger partial charge in [-0.3, -0.25) is 4.79 Å². The summed E-state index contributed by atoms with van der Waals surface area (Å²) >= 11 is 0. The Hall–Kier alpha value is -0.530. The van der Waals surface area contributed by atoms with Crippen LogP contribution in [0.3, 0.4) is 0 Å². The number of carbonyl (C=O) groups is 1. The lowest BCUT2D eigenvalue weighted by atomic mass is 10.0. The van der Waals surface area contributed by atoms with Crippen LogP contribution in [0.15, 0.2) is 0 Å². The molecule has 0 radical (unpaired) electrons. The van der Waals surface area contributed by atoms with Crippen molar-refractivity contribution in [2.75, 3.05) is 6.61 Å². The van der Waals surface area contributed by atoms with Crippen LogP contribution in [-0.4, -0.2) is 12.6 Å². The van der Waals surface area contributed by atoms with E-state index in [-0.39, 0.29) is 11.9 Å². The van der Waals surface area contributed by atoms with E-state index in [1.165, 1.54) is 0 Å². The molecule has 0 aromatic rings.